The lowest BCUT2D eigenvalue weighted by Crippen LogP contribution is -2.65. The number of carbonyl (C=O) groups excluding carboxylic acids is 2. The van der Waals surface area contributed by atoms with Crippen molar-refractivity contribution in [3.63, 3.8) is 0 Å². The number of likely N-dealkylation sites (N-methyl/N-ethyl adjacent to an activating group) is 1. The molecule has 1 N–H and O–H groups in total. The minimum absolute atomic E-state index is 0.0452. The topological polar surface area (TPSA) is 70.7 Å². The molecule has 0 radical (unpaired) electrons. The fourth-order valence-corrected chi connectivity index (χ4v) is 4.86. The molecule has 30 heavy (non-hydrogen) atoms. The molecule has 1 fully saturated rings. The van der Waals surface area contributed by atoms with Gasteiger partial charge in [0.15, 0.2) is 5.58 Å². The van der Waals surface area contributed by atoms with Crippen molar-refractivity contribution in [3.05, 3.63) is 24.1 Å². The van der Waals surface area contributed by atoms with Crippen molar-refractivity contribution in [1.82, 2.24) is 19.7 Å². The number of fused-ring (bicyclic) bond motifs is 3. The number of aromatic nitrogens is 1. The van der Waals surface area contributed by atoms with E-state index in [-0.39, 0.29) is 17.9 Å². The highest BCUT2D eigenvalue weighted by atomic mass is 16.3. The van der Waals surface area contributed by atoms with Crippen molar-refractivity contribution in [2.75, 3.05) is 27.2 Å². The number of carbonyl (C=O) groups is 2. The Morgan fingerprint density at radius 1 is 1.23 bits per heavy atom. The molecule has 1 aliphatic heterocycles. The van der Waals surface area contributed by atoms with Crippen LogP contribution in [0.25, 0.3) is 11.1 Å². The molecule has 1 saturated carbocycles. The molecule has 164 valence electrons. The summed E-state index contributed by atoms with van der Waals surface area (Å²) >= 11 is 0. The summed E-state index contributed by atoms with van der Waals surface area (Å²) in [7, 11) is 3.96. The van der Waals surface area contributed by atoms with Crippen molar-refractivity contribution in [2.24, 2.45) is 0 Å². The molecule has 7 nitrogen and oxygen atoms in total. The highest BCUT2D eigenvalue weighted by Gasteiger charge is 2.48. The quantitative estimate of drug-likeness (QED) is 0.815. The molecule has 1 unspecified atom stereocenters. The van der Waals surface area contributed by atoms with Crippen molar-refractivity contribution in [1.29, 1.82) is 0 Å². The predicted molar refractivity (Wildman–Crippen MR) is 116 cm³/mol. The molecular weight excluding hydrogens is 380 g/mol. The average Bonchev–Trinajstić information content (AvgIpc) is 3.25. The summed E-state index contributed by atoms with van der Waals surface area (Å²) in [5, 5.41) is 3.32. The molecule has 1 atom stereocenters. The van der Waals surface area contributed by atoms with Crippen LogP contribution >= 0.6 is 0 Å². The Kier molecular flexibility index (Phi) is 5.91. The van der Waals surface area contributed by atoms with Gasteiger partial charge in [-0.2, -0.15) is 0 Å². The van der Waals surface area contributed by atoms with E-state index in [0.29, 0.717) is 30.9 Å². The Balaban J connectivity index is 1.63. The number of hydrogen-bond acceptors (Lipinski definition) is 4. The summed E-state index contributed by atoms with van der Waals surface area (Å²) in [4.78, 5) is 30.9. The Hall–Kier alpha value is -2.28. The van der Waals surface area contributed by atoms with Crippen LogP contribution in [0.4, 0.5) is 0 Å². The van der Waals surface area contributed by atoms with Crippen molar-refractivity contribution in [2.45, 2.75) is 70.0 Å². The third-order valence-corrected chi connectivity index (χ3v) is 6.75. The van der Waals surface area contributed by atoms with Gasteiger partial charge >= 0.3 is 0 Å². The first-order chi connectivity index (χ1) is 14.4. The smallest absolute Gasteiger partial charge is 0.271 e. The molecule has 2 aromatic rings. The fraction of sp³-hybridized carbons (Fsp3) is 0.652. The van der Waals surface area contributed by atoms with Crippen LogP contribution < -0.4 is 5.32 Å². The maximum atomic E-state index is 13.6. The van der Waals surface area contributed by atoms with E-state index < -0.39 is 5.54 Å². The molecule has 2 aliphatic rings. The van der Waals surface area contributed by atoms with E-state index in [0.717, 1.165) is 31.2 Å². The zero-order chi connectivity index (χ0) is 21.3. The Labute approximate surface area is 178 Å². The van der Waals surface area contributed by atoms with Gasteiger partial charge in [-0.1, -0.05) is 32.1 Å². The molecule has 2 aromatic heterocycles. The first-order valence-corrected chi connectivity index (χ1v) is 11.2. The van der Waals surface area contributed by atoms with Crippen LogP contribution in [-0.4, -0.2) is 64.9 Å². The maximum Gasteiger partial charge on any atom is 0.271 e. The molecular formula is C23H34N4O3. The first kappa shape index (κ1) is 21.0. The van der Waals surface area contributed by atoms with Gasteiger partial charge in [0.25, 0.3) is 5.91 Å². The number of hydrogen-bond donors (Lipinski definition) is 1. The third-order valence-electron chi connectivity index (χ3n) is 6.75. The van der Waals surface area contributed by atoms with E-state index in [4.69, 9.17) is 4.42 Å². The molecule has 2 amide bonds. The van der Waals surface area contributed by atoms with Gasteiger partial charge in [-0.15, -0.1) is 0 Å². The molecule has 0 spiro atoms. The lowest BCUT2D eigenvalue weighted by Gasteiger charge is -2.45. The number of nitrogens with zero attached hydrogens (tertiary/aromatic N) is 3. The van der Waals surface area contributed by atoms with Crippen molar-refractivity contribution in [3.8, 4) is 0 Å². The summed E-state index contributed by atoms with van der Waals surface area (Å²) in [5.74, 6) is -0.152. The molecule has 1 aliphatic carbocycles. The second-order valence-corrected chi connectivity index (χ2v) is 9.34. The van der Waals surface area contributed by atoms with Gasteiger partial charge < -0.3 is 24.1 Å². The molecule has 4 rings (SSSR count). The summed E-state index contributed by atoms with van der Waals surface area (Å²) in [6.07, 6.45) is 9.76. The van der Waals surface area contributed by atoms with Crippen molar-refractivity contribution >= 4 is 22.9 Å². The molecule has 0 saturated heterocycles. The van der Waals surface area contributed by atoms with E-state index in [9.17, 15) is 9.59 Å². The second kappa shape index (κ2) is 8.46. The van der Waals surface area contributed by atoms with Crippen molar-refractivity contribution < 1.29 is 14.0 Å². The molecule has 0 bridgehead atoms. The second-order valence-electron chi connectivity index (χ2n) is 9.34. The number of rotatable bonds is 5. The number of furan rings is 1. The lowest BCUT2D eigenvalue weighted by molar-refractivity contribution is -0.133. The minimum Gasteiger partial charge on any atom is -0.463 e. The van der Waals surface area contributed by atoms with Crippen LogP contribution in [0.2, 0.25) is 0 Å². The van der Waals surface area contributed by atoms with E-state index in [2.05, 4.69) is 5.32 Å². The van der Waals surface area contributed by atoms with Gasteiger partial charge in [0.05, 0.1) is 18.3 Å². The van der Waals surface area contributed by atoms with Crippen LogP contribution in [0.5, 0.6) is 0 Å². The van der Waals surface area contributed by atoms with Crippen LogP contribution in [-0.2, 0) is 11.3 Å². The zero-order valence-electron chi connectivity index (χ0n) is 18.4. The lowest BCUT2D eigenvalue weighted by atomic mass is 9.92. The van der Waals surface area contributed by atoms with Gasteiger partial charge in [-0.3, -0.25) is 9.59 Å². The molecule has 0 aromatic carbocycles. The van der Waals surface area contributed by atoms with Gasteiger partial charge in [0.1, 0.15) is 11.2 Å². The monoisotopic (exact) mass is 414 g/mol. The van der Waals surface area contributed by atoms with Crippen LogP contribution in [0, 0.1) is 0 Å². The normalized spacial score (nSPS) is 23.5. The van der Waals surface area contributed by atoms with E-state index in [1.54, 1.807) is 17.2 Å². The maximum absolute atomic E-state index is 13.6. The summed E-state index contributed by atoms with van der Waals surface area (Å²) in [5.41, 5.74) is 1.22. The Morgan fingerprint density at radius 3 is 2.63 bits per heavy atom. The van der Waals surface area contributed by atoms with Gasteiger partial charge in [-0.25, -0.2) is 0 Å². The Morgan fingerprint density at radius 2 is 1.93 bits per heavy atom. The first-order valence-electron chi connectivity index (χ1n) is 11.2. The standard InChI is InChI=1S/C23H34N4O3/c1-23(22(29)24-17-9-7-5-4-6-8-10-17)16-26-18-11-14-30-20(18)15-19(26)21(28)27(23)13-12-25(2)3/h11,14-15,17H,4-10,12-13,16H2,1-3H3,(H,24,29). The Bertz CT molecular complexity index is 907. The molecule has 7 heteroatoms. The van der Waals surface area contributed by atoms with Gasteiger partial charge in [-0.05, 0) is 33.9 Å². The van der Waals surface area contributed by atoms with Gasteiger partial charge in [0, 0.05) is 31.3 Å². The fourth-order valence-electron chi connectivity index (χ4n) is 4.86. The number of nitrogens with one attached hydrogen (secondary N) is 1. The molecule has 3 heterocycles. The van der Waals surface area contributed by atoms with E-state index in [1.807, 2.05) is 36.6 Å². The van der Waals surface area contributed by atoms with Crippen LogP contribution in [0.3, 0.4) is 0 Å². The minimum atomic E-state index is -0.939. The predicted octanol–water partition coefficient (Wildman–Crippen LogP) is 3.24. The van der Waals surface area contributed by atoms with E-state index >= 15 is 0 Å². The van der Waals surface area contributed by atoms with Crippen LogP contribution in [0.15, 0.2) is 22.8 Å². The highest BCUT2D eigenvalue weighted by molar-refractivity contribution is 6.02. The summed E-state index contributed by atoms with van der Waals surface area (Å²) in [6.45, 7) is 3.55. The van der Waals surface area contributed by atoms with Gasteiger partial charge in [0.2, 0.25) is 5.91 Å². The average molecular weight is 415 g/mol. The third kappa shape index (κ3) is 3.87. The highest BCUT2D eigenvalue weighted by Crippen LogP contribution is 2.33. The van der Waals surface area contributed by atoms with E-state index in [1.165, 1.54) is 19.3 Å². The zero-order valence-corrected chi connectivity index (χ0v) is 18.4. The largest absolute Gasteiger partial charge is 0.463 e. The number of amides is 2. The van der Waals surface area contributed by atoms with Crippen LogP contribution in [0.1, 0.15) is 62.4 Å². The summed E-state index contributed by atoms with van der Waals surface area (Å²) in [6, 6.07) is 3.86. The SMILES string of the molecule is CN(C)CCN1C(=O)c2cc3occc3n2CC1(C)C(=O)NC1CCCCCCC1. The summed E-state index contributed by atoms with van der Waals surface area (Å²) < 4.78 is 7.48.